The Morgan fingerprint density at radius 2 is 1.78 bits per heavy atom. The highest BCUT2D eigenvalue weighted by Gasteiger charge is 2.36. The summed E-state index contributed by atoms with van der Waals surface area (Å²) in [4.78, 5) is 23.4. The van der Waals surface area contributed by atoms with Crippen LogP contribution in [-0.4, -0.2) is 30.8 Å². The molecule has 0 saturated carbocycles. The summed E-state index contributed by atoms with van der Waals surface area (Å²) in [5.74, 6) is -0.417. The third-order valence-corrected chi connectivity index (χ3v) is 2.58. The minimum Gasteiger partial charge on any atom is -0.464 e. The monoisotopic (exact) mass is 259 g/mol. The van der Waals surface area contributed by atoms with E-state index < -0.39 is 17.6 Å². The van der Waals surface area contributed by atoms with Crippen LogP contribution in [-0.2, 0) is 14.3 Å². The van der Waals surface area contributed by atoms with E-state index in [0.717, 1.165) is 19.3 Å². The molecule has 1 unspecified atom stereocenters. The number of carbonyl (C=O) groups is 2. The molecule has 18 heavy (non-hydrogen) atoms. The van der Waals surface area contributed by atoms with E-state index in [9.17, 15) is 9.59 Å². The van der Waals surface area contributed by atoms with Crippen molar-refractivity contribution in [3.63, 3.8) is 0 Å². The Morgan fingerprint density at radius 1 is 1.11 bits per heavy atom. The second-order valence-electron chi connectivity index (χ2n) is 4.42. The zero-order chi connectivity index (χ0) is 14.0. The van der Waals surface area contributed by atoms with E-state index in [1.807, 2.05) is 13.8 Å². The molecule has 0 aromatic heterocycles. The van der Waals surface area contributed by atoms with Crippen molar-refractivity contribution in [3.05, 3.63) is 0 Å². The summed E-state index contributed by atoms with van der Waals surface area (Å²) in [6.45, 7) is 8.03. The van der Waals surface area contributed by atoms with Crippen LogP contribution in [0.1, 0.15) is 53.4 Å². The Balaban J connectivity index is 4.40. The van der Waals surface area contributed by atoms with Crippen molar-refractivity contribution in [2.75, 3.05) is 13.2 Å². The van der Waals surface area contributed by atoms with Crippen molar-refractivity contribution in [2.24, 2.45) is 0 Å². The summed E-state index contributed by atoms with van der Waals surface area (Å²) in [6.07, 6.45) is 2.50. The van der Waals surface area contributed by atoms with E-state index in [1.54, 1.807) is 13.8 Å². The molecule has 1 amide bonds. The Labute approximate surface area is 109 Å². The first-order valence-electron chi connectivity index (χ1n) is 6.62. The Kier molecular flexibility index (Phi) is 8.16. The average molecular weight is 259 g/mol. The quantitative estimate of drug-likeness (QED) is 0.537. The molecule has 1 N–H and O–H groups in total. The van der Waals surface area contributed by atoms with Gasteiger partial charge in [0.05, 0.1) is 13.2 Å². The van der Waals surface area contributed by atoms with Crippen molar-refractivity contribution in [3.8, 4) is 0 Å². The van der Waals surface area contributed by atoms with E-state index in [0.29, 0.717) is 19.6 Å². The highest BCUT2D eigenvalue weighted by Crippen LogP contribution is 2.15. The highest BCUT2D eigenvalue weighted by molar-refractivity contribution is 5.85. The van der Waals surface area contributed by atoms with Crippen molar-refractivity contribution < 1.29 is 19.1 Å². The molecule has 106 valence electrons. The Morgan fingerprint density at radius 3 is 2.28 bits per heavy atom. The fourth-order valence-corrected chi connectivity index (χ4v) is 1.58. The molecule has 1 atom stereocenters. The molecule has 0 heterocycles. The smallest absolute Gasteiger partial charge is 0.408 e. The van der Waals surface area contributed by atoms with Gasteiger partial charge in [-0.2, -0.15) is 0 Å². The standard InChI is InChI=1S/C13H25NO4/c1-5-8-10-18-12(16)14-13(4,9-6-2)11(15)17-7-3/h5-10H2,1-4H3,(H,14,16). The Hall–Kier alpha value is -1.26. The number of esters is 1. The first kappa shape index (κ1) is 16.7. The number of unbranched alkanes of at least 4 members (excludes halogenated alkanes) is 1. The predicted octanol–water partition coefficient (Wildman–Crippen LogP) is 2.63. The van der Waals surface area contributed by atoms with Crippen LogP contribution >= 0.6 is 0 Å². The van der Waals surface area contributed by atoms with E-state index in [2.05, 4.69) is 5.32 Å². The van der Waals surface area contributed by atoms with E-state index in [4.69, 9.17) is 9.47 Å². The molecule has 0 aromatic rings. The number of rotatable bonds is 8. The van der Waals surface area contributed by atoms with Crippen molar-refractivity contribution in [1.82, 2.24) is 5.32 Å². The van der Waals surface area contributed by atoms with Crippen molar-refractivity contribution in [2.45, 2.75) is 58.9 Å². The maximum atomic E-state index is 11.8. The van der Waals surface area contributed by atoms with Gasteiger partial charge in [0.2, 0.25) is 0 Å². The first-order valence-corrected chi connectivity index (χ1v) is 6.62. The van der Waals surface area contributed by atoms with Gasteiger partial charge in [-0.25, -0.2) is 9.59 Å². The van der Waals surface area contributed by atoms with Gasteiger partial charge in [-0.3, -0.25) is 0 Å². The SMILES string of the molecule is CCCCOC(=O)NC(C)(CCC)C(=O)OCC. The van der Waals surface area contributed by atoms with E-state index in [1.165, 1.54) is 0 Å². The minimum absolute atomic E-state index is 0.296. The van der Waals surface area contributed by atoms with Gasteiger partial charge in [0.25, 0.3) is 0 Å². The molecule has 0 fully saturated rings. The van der Waals surface area contributed by atoms with Crippen molar-refractivity contribution >= 4 is 12.1 Å². The summed E-state index contributed by atoms with van der Waals surface area (Å²) in [5, 5.41) is 2.60. The first-order chi connectivity index (χ1) is 8.50. The van der Waals surface area contributed by atoms with Gasteiger partial charge in [0.15, 0.2) is 0 Å². The van der Waals surface area contributed by atoms with Crippen LogP contribution in [0, 0.1) is 0 Å². The number of carbonyl (C=O) groups excluding carboxylic acids is 2. The molecule has 0 aliphatic carbocycles. The van der Waals surface area contributed by atoms with Crippen LogP contribution in [0.2, 0.25) is 0 Å². The topological polar surface area (TPSA) is 64.6 Å². The fraction of sp³-hybridized carbons (Fsp3) is 0.846. The summed E-state index contributed by atoms with van der Waals surface area (Å²) in [6, 6.07) is 0. The molecule has 0 saturated heterocycles. The van der Waals surface area contributed by atoms with E-state index in [-0.39, 0.29) is 0 Å². The van der Waals surface area contributed by atoms with Crippen molar-refractivity contribution in [1.29, 1.82) is 0 Å². The van der Waals surface area contributed by atoms with Crippen LogP contribution < -0.4 is 5.32 Å². The normalized spacial score (nSPS) is 13.6. The number of nitrogens with one attached hydrogen (secondary N) is 1. The van der Waals surface area contributed by atoms with Gasteiger partial charge in [-0.15, -0.1) is 0 Å². The maximum absolute atomic E-state index is 11.8. The highest BCUT2D eigenvalue weighted by atomic mass is 16.6. The Bertz CT molecular complexity index is 268. The van der Waals surface area contributed by atoms with Gasteiger partial charge < -0.3 is 14.8 Å². The molecule has 0 bridgehead atoms. The third kappa shape index (κ3) is 5.89. The summed E-state index contributed by atoms with van der Waals surface area (Å²) >= 11 is 0. The molecule has 0 aliphatic heterocycles. The maximum Gasteiger partial charge on any atom is 0.408 e. The largest absolute Gasteiger partial charge is 0.464 e. The predicted molar refractivity (Wildman–Crippen MR) is 69.3 cm³/mol. The van der Waals surface area contributed by atoms with Crippen LogP contribution in [0.25, 0.3) is 0 Å². The van der Waals surface area contributed by atoms with Gasteiger partial charge >= 0.3 is 12.1 Å². The minimum atomic E-state index is -1.01. The molecule has 5 heteroatoms. The molecule has 0 aromatic carbocycles. The molecule has 5 nitrogen and oxygen atoms in total. The number of ether oxygens (including phenoxy) is 2. The molecule has 0 spiro atoms. The van der Waals surface area contributed by atoms with Crippen LogP contribution in [0.15, 0.2) is 0 Å². The fourth-order valence-electron chi connectivity index (χ4n) is 1.58. The lowest BCUT2D eigenvalue weighted by Crippen LogP contribution is -2.53. The lowest BCUT2D eigenvalue weighted by atomic mass is 9.96. The zero-order valence-electron chi connectivity index (χ0n) is 11.9. The van der Waals surface area contributed by atoms with Gasteiger partial charge in [-0.1, -0.05) is 26.7 Å². The lowest BCUT2D eigenvalue weighted by molar-refractivity contribution is -0.150. The summed E-state index contributed by atoms with van der Waals surface area (Å²) < 4.78 is 9.97. The number of alkyl carbamates (subject to hydrolysis) is 1. The number of amides is 1. The van der Waals surface area contributed by atoms with Crippen LogP contribution in [0.4, 0.5) is 4.79 Å². The molecule has 0 rings (SSSR count). The average Bonchev–Trinajstić information content (AvgIpc) is 2.29. The molecular formula is C13H25NO4. The van der Waals surface area contributed by atoms with E-state index >= 15 is 0 Å². The third-order valence-electron chi connectivity index (χ3n) is 2.58. The second kappa shape index (κ2) is 8.78. The van der Waals surface area contributed by atoms with Crippen LogP contribution in [0.3, 0.4) is 0 Å². The molecule has 0 radical (unpaired) electrons. The van der Waals surface area contributed by atoms with Gasteiger partial charge in [-0.05, 0) is 26.7 Å². The number of hydrogen-bond donors (Lipinski definition) is 1. The zero-order valence-corrected chi connectivity index (χ0v) is 11.9. The summed E-state index contributed by atoms with van der Waals surface area (Å²) in [7, 11) is 0. The molecule has 0 aliphatic rings. The van der Waals surface area contributed by atoms with Gasteiger partial charge in [0.1, 0.15) is 5.54 Å². The summed E-state index contributed by atoms with van der Waals surface area (Å²) in [5.41, 5.74) is -1.01. The second-order valence-corrected chi connectivity index (χ2v) is 4.42. The molecular weight excluding hydrogens is 234 g/mol. The van der Waals surface area contributed by atoms with Crippen LogP contribution in [0.5, 0.6) is 0 Å². The number of hydrogen-bond acceptors (Lipinski definition) is 4. The van der Waals surface area contributed by atoms with Gasteiger partial charge in [0, 0.05) is 0 Å². The lowest BCUT2D eigenvalue weighted by Gasteiger charge is -2.27.